The van der Waals surface area contributed by atoms with Crippen LogP contribution in [0.4, 0.5) is 5.69 Å². The Morgan fingerprint density at radius 1 is 1.18 bits per heavy atom. The number of rotatable bonds is 5. The highest BCUT2D eigenvalue weighted by molar-refractivity contribution is 6.05. The van der Waals surface area contributed by atoms with Gasteiger partial charge in [0.1, 0.15) is 5.75 Å². The Kier molecular flexibility index (Phi) is 3.96. The normalized spacial score (nSPS) is 12.4. The molecule has 3 rings (SSSR count). The molecule has 0 amide bonds. The minimum atomic E-state index is -0.124. The summed E-state index contributed by atoms with van der Waals surface area (Å²) in [6.45, 7) is 0.193. The van der Waals surface area contributed by atoms with Gasteiger partial charge in [-0.15, -0.1) is 0 Å². The second-order valence-electron chi connectivity index (χ2n) is 4.61. The van der Waals surface area contributed by atoms with Crippen LogP contribution in [-0.4, -0.2) is 19.7 Å². The van der Waals surface area contributed by atoms with E-state index < -0.39 is 0 Å². The molecule has 1 aliphatic heterocycles. The van der Waals surface area contributed by atoms with Gasteiger partial charge in [-0.1, -0.05) is 12.1 Å². The molecule has 0 radical (unpaired) electrons. The zero-order valence-corrected chi connectivity index (χ0v) is 12.0. The molecule has 1 heterocycles. The third-order valence-electron chi connectivity index (χ3n) is 3.24. The van der Waals surface area contributed by atoms with Gasteiger partial charge in [-0.2, -0.15) is 0 Å². The van der Waals surface area contributed by atoms with Gasteiger partial charge in [0.15, 0.2) is 17.3 Å². The van der Waals surface area contributed by atoms with Crippen LogP contribution in [0.3, 0.4) is 0 Å². The predicted molar refractivity (Wildman–Crippen MR) is 82.7 cm³/mol. The van der Waals surface area contributed by atoms with Gasteiger partial charge in [0.25, 0.3) is 0 Å². The summed E-state index contributed by atoms with van der Waals surface area (Å²) < 4.78 is 15.7. The van der Waals surface area contributed by atoms with E-state index in [0.717, 1.165) is 5.69 Å². The summed E-state index contributed by atoms with van der Waals surface area (Å²) in [4.78, 5) is 12.1. The lowest BCUT2D eigenvalue weighted by molar-refractivity contribution is 0.104. The van der Waals surface area contributed by atoms with Crippen molar-refractivity contribution in [1.82, 2.24) is 0 Å². The number of para-hydroxylation sites is 2. The van der Waals surface area contributed by atoms with Crippen molar-refractivity contribution in [2.75, 3.05) is 19.2 Å². The van der Waals surface area contributed by atoms with E-state index in [4.69, 9.17) is 14.2 Å². The number of carbonyl (C=O) groups excluding carboxylic acids is 1. The third kappa shape index (κ3) is 2.88. The van der Waals surface area contributed by atoms with E-state index in [-0.39, 0.29) is 12.6 Å². The topological polar surface area (TPSA) is 56.8 Å². The maximum Gasteiger partial charge on any atom is 0.231 e. The lowest BCUT2D eigenvalue weighted by Crippen LogP contribution is -1.97. The van der Waals surface area contributed by atoms with Gasteiger partial charge in [-0.05, 0) is 30.3 Å². The maximum atomic E-state index is 12.1. The molecule has 0 spiro atoms. The van der Waals surface area contributed by atoms with Crippen molar-refractivity contribution in [3.8, 4) is 17.2 Å². The van der Waals surface area contributed by atoms with Gasteiger partial charge >= 0.3 is 0 Å². The smallest absolute Gasteiger partial charge is 0.231 e. The molecule has 22 heavy (non-hydrogen) atoms. The van der Waals surface area contributed by atoms with Crippen molar-refractivity contribution < 1.29 is 19.0 Å². The zero-order valence-electron chi connectivity index (χ0n) is 12.0. The fourth-order valence-electron chi connectivity index (χ4n) is 2.12. The highest BCUT2D eigenvalue weighted by atomic mass is 16.7. The quantitative estimate of drug-likeness (QED) is 0.678. The Balaban J connectivity index is 1.69. The van der Waals surface area contributed by atoms with Gasteiger partial charge < -0.3 is 19.5 Å². The third-order valence-corrected chi connectivity index (χ3v) is 3.24. The van der Waals surface area contributed by atoms with Crippen LogP contribution in [0, 0.1) is 0 Å². The van der Waals surface area contributed by atoms with Crippen molar-refractivity contribution in [2.24, 2.45) is 0 Å². The molecule has 0 unspecified atom stereocenters. The Morgan fingerprint density at radius 3 is 2.86 bits per heavy atom. The van der Waals surface area contributed by atoms with Gasteiger partial charge in [-0.25, -0.2) is 0 Å². The summed E-state index contributed by atoms with van der Waals surface area (Å²) in [6.07, 6.45) is 3.05. The highest BCUT2D eigenvalue weighted by Crippen LogP contribution is 2.32. The molecule has 112 valence electrons. The number of hydrogen-bond acceptors (Lipinski definition) is 5. The lowest BCUT2D eigenvalue weighted by Gasteiger charge is -2.06. The second kappa shape index (κ2) is 6.22. The molecule has 2 aromatic carbocycles. The number of carbonyl (C=O) groups is 1. The summed E-state index contributed by atoms with van der Waals surface area (Å²) in [6, 6.07) is 12.6. The van der Waals surface area contributed by atoms with Crippen LogP contribution in [0.15, 0.2) is 54.7 Å². The summed E-state index contributed by atoms with van der Waals surface area (Å²) >= 11 is 0. The molecule has 0 aliphatic carbocycles. The minimum Gasteiger partial charge on any atom is -0.495 e. The first-order valence-corrected chi connectivity index (χ1v) is 6.78. The number of methoxy groups -OCH3 is 1. The van der Waals surface area contributed by atoms with Crippen molar-refractivity contribution in [3.63, 3.8) is 0 Å². The first kappa shape index (κ1) is 14.0. The van der Waals surface area contributed by atoms with Crippen LogP contribution in [0.5, 0.6) is 17.2 Å². The molecule has 5 heteroatoms. The standard InChI is InChI=1S/C17H15NO4/c1-20-15-5-3-2-4-13(15)18-9-8-14(19)12-6-7-16-17(10-12)22-11-21-16/h2-10,18H,11H2,1H3. The van der Waals surface area contributed by atoms with Gasteiger partial charge in [0.05, 0.1) is 12.8 Å². The van der Waals surface area contributed by atoms with E-state index in [1.165, 1.54) is 6.08 Å². The predicted octanol–water partition coefficient (Wildman–Crippen LogP) is 3.23. The number of benzene rings is 2. The fourth-order valence-corrected chi connectivity index (χ4v) is 2.12. The summed E-state index contributed by atoms with van der Waals surface area (Å²) in [5, 5.41) is 3.03. The number of fused-ring (bicyclic) bond motifs is 1. The second-order valence-corrected chi connectivity index (χ2v) is 4.61. The largest absolute Gasteiger partial charge is 0.495 e. The average molecular weight is 297 g/mol. The monoisotopic (exact) mass is 297 g/mol. The number of allylic oxidation sites excluding steroid dienone is 1. The number of nitrogens with one attached hydrogen (secondary N) is 1. The number of ether oxygens (including phenoxy) is 3. The van der Waals surface area contributed by atoms with E-state index in [9.17, 15) is 4.79 Å². The SMILES string of the molecule is COc1ccccc1NC=CC(=O)c1ccc2c(c1)OCO2. The van der Waals surface area contributed by atoms with Crippen LogP contribution in [0.25, 0.3) is 0 Å². The first-order chi connectivity index (χ1) is 10.8. The molecule has 0 saturated heterocycles. The average Bonchev–Trinajstić information content (AvgIpc) is 3.02. The lowest BCUT2D eigenvalue weighted by atomic mass is 10.1. The van der Waals surface area contributed by atoms with Crippen LogP contribution in [0.1, 0.15) is 10.4 Å². The molecule has 0 saturated carbocycles. The van der Waals surface area contributed by atoms with E-state index in [1.807, 2.05) is 24.3 Å². The van der Waals surface area contributed by atoms with Gasteiger partial charge in [-0.3, -0.25) is 4.79 Å². The van der Waals surface area contributed by atoms with Gasteiger partial charge in [0, 0.05) is 17.8 Å². The Morgan fingerprint density at radius 2 is 2.00 bits per heavy atom. The molecule has 0 aromatic heterocycles. The Hall–Kier alpha value is -2.95. The van der Waals surface area contributed by atoms with Crippen LogP contribution in [-0.2, 0) is 0 Å². The molecule has 0 bridgehead atoms. The van der Waals surface area contributed by atoms with Crippen LogP contribution in [0.2, 0.25) is 0 Å². The first-order valence-electron chi connectivity index (χ1n) is 6.78. The molecule has 5 nitrogen and oxygen atoms in total. The summed E-state index contributed by atoms with van der Waals surface area (Å²) in [5.74, 6) is 1.84. The van der Waals surface area contributed by atoms with E-state index in [0.29, 0.717) is 22.8 Å². The van der Waals surface area contributed by atoms with E-state index >= 15 is 0 Å². The molecule has 1 N–H and O–H groups in total. The molecular formula is C17H15NO4. The molecular weight excluding hydrogens is 282 g/mol. The van der Waals surface area contributed by atoms with Crippen LogP contribution >= 0.6 is 0 Å². The number of ketones is 1. The van der Waals surface area contributed by atoms with Gasteiger partial charge in [0.2, 0.25) is 6.79 Å². The number of anilines is 1. The van der Waals surface area contributed by atoms with Crippen molar-refractivity contribution in [1.29, 1.82) is 0 Å². The van der Waals surface area contributed by atoms with E-state index in [2.05, 4.69) is 5.32 Å². The highest BCUT2D eigenvalue weighted by Gasteiger charge is 2.15. The van der Waals surface area contributed by atoms with Crippen molar-refractivity contribution >= 4 is 11.5 Å². The molecule has 0 atom stereocenters. The zero-order chi connectivity index (χ0) is 15.4. The van der Waals surface area contributed by atoms with Crippen molar-refractivity contribution in [2.45, 2.75) is 0 Å². The summed E-state index contributed by atoms with van der Waals surface area (Å²) in [7, 11) is 1.60. The maximum absolute atomic E-state index is 12.1. The molecule has 2 aromatic rings. The van der Waals surface area contributed by atoms with Crippen molar-refractivity contribution in [3.05, 3.63) is 60.3 Å². The molecule has 0 fully saturated rings. The van der Waals surface area contributed by atoms with Crippen LogP contribution < -0.4 is 19.5 Å². The Labute approximate surface area is 128 Å². The minimum absolute atomic E-state index is 0.124. The number of hydrogen-bond donors (Lipinski definition) is 1. The summed E-state index contributed by atoms with van der Waals surface area (Å²) in [5.41, 5.74) is 1.34. The molecule has 1 aliphatic rings. The fraction of sp³-hybridized carbons (Fsp3) is 0.118. The Bertz CT molecular complexity index is 724. The van der Waals surface area contributed by atoms with E-state index in [1.54, 1.807) is 31.5 Å².